The van der Waals surface area contributed by atoms with Crippen molar-refractivity contribution in [3.05, 3.63) is 78.4 Å². The number of anilines is 1. The van der Waals surface area contributed by atoms with Crippen LogP contribution < -0.4 is 10.6 Å². The lowest BCUT2D eigenvalue weighted by atomic mass is 10.1. The molecule has 1 aliphatic rings. The second-order valence-corrected chi connectivity index (χ2v) is 7.89. The average molecular weight is 386 g/mol. The molecule has 1 atom stereocenters. The molecule has 2 aromatic heterocycles. The van der Waals surface area contributed by atoms with Crippen molar-refractivity contribution in [2.75, 3.05) is 5.32 Å². The molecule has 0 spiro atoms. The number of carbonyl (C=O) groups is 2. The molecule has 29 heavy (non-hydrogen) atoms. The normalized spacial score (nSPS) is 16.7. The van der Waals surface area contributed by atoms with Crippen molar-refractivity contribution in [3.8, 4) is 11.1 Å². The van der Waals surface area contributed by atoms with Crippen LogP contribution in [0.4, 0.5) is 5.69 Å². The summed E-state index contributed by atoms with van der Waals surface area (Å²) in [6, 6.07) is 14.9. The number of hydrogen-bond acceptors (Lipinski definition) is 4. The maximum atomic E-state index is 12.8. The summed E-state index contributed by atoms with van der Waals surface area (Å²) in [6.45, 7) is 4.21. The summed E-state index contributed by atoms with van der Waals surface area (Å²) in [6.07, 6.45) is 5.72. The number of benzene rings is 1. The van der Waals surface area contributed by atoms with E-state index in [9.17, 15) is 9.59 Å². The van der Waals surface area contributed by atoms with Crippen LogP contribution in [-0.4, -0.2) is 27.8 Å². The summed E-state index contributed by atoms with van der Waals surface area (Å²) >= 11 is 0. The minimum Gasteiger partial charge on any atom is -0.347 e. The number of amides is 2. The van der Waals surface area contributed by atoms with Gasteiger partial charge < -0.3 is 10.6 Å². The van der Waals surface area contributed by atoms with Crippen molar-refractivity contribution in [3.63, 3.8) is 0 Å². The van der Waals surface area contributed by atoms with Crippen molar-refractivity contribution >= 4 is 17.5 Å². The predicted octanol–water partition coefficient (Wildman–Crippen LogP) is 3.92. The van der Waals surface area contributed by atoms with Crippen LogP contribution >= 0.6 is 0 Å². The van der Waals surface area contributed by atoms with Crippen molar-refractivity contribution in [1.29, 1.82) is 0 Å². The number of pyridine rings is 2. The molecule has 6 nitrogen and oxygen atoms in total. The second-order valence-electron chi connectivity index (χ2n) is 7.89. The molecule has 6 heteroatoms. The third-order valence-corrected chi connectivity index (χ3v) is 5.23. The fourth-order valence-corrected chi connectivity index (χ4v) is 3.20. The van der Waals surface area contributed by atoms with E-state index in [0.717, 1.165) is 17.5 Å². The maximum absolute atomic E-state index is 12.8. The smallest absolute Gasteiger partial charge is 0.270 e. The molecular weight excluding hydrogens is 364 g/mol. The first-order valence-electron chi connectivity index (χ1n) is 9.52. The topological polar surface area (TPSA) is 84.0 Å². The lowest BCUT2D eigenvalue weighted by Gasteiger charge is -2.11. The molecule has 1 aromatic carbocycles. The van der Waals surface area contributed by atoms with E-state index in [4.69, 9.17) is 0 Å². The Bertz CT molecular complexity index is 1060. The number of hydrogen-bond donors (Lipinski definition) is 2. The van der Waals surface area contributed by atoms with Gasteiger partial charge in [0.15, 0.2) is 0 Å². The molecule has 146 valence electrons. The Balaban J connectivity index is 1.52. The Kier molecular flexibility index (Phi) is 4.84. The van der Waals surface area contributed by atoms with Gasteiger partial charge in [-0.25, -0.2) is 0 Å². The minimum atomic E-state index is -0.321. The van der Waals surface area contributed by atoms with E-state index < -0.39 is 0 Å². The second kappa shape index (κ2) is 7.47. The molecule has 2 amide bonds. The van der Waals surface area contributed by atoms with Gasteiger partial charge in [0.25, 0.3) is 11.8 Å². The molecule has 0 radical (unpaired) electrons. The Morgan fingerprint density at radius 1 is 1.03 bits per heavy atom. The van der Waals surface area contributed by atoms with E-state index >= 15 is 0 Å². The lowest BCUT2D eigenvalue weighted by Crippen LogP contribution is -2.29. The van der Waals surface area contributed by atoms with Crippen molar-refractivity contribution in [2.45, 2.75) is 26.3 Å². The zero-order chi connectivity index (χ0) is 20.4. The molecule has 2 N–H and O–H groups in total. The van der Waals surface area contributed by atoms with Gasteiger partial charge in [-0.2, -0.15) is 0 Å². The van der Waals surface area contributed by atoms with E-state index in [1.807, 2.05) is 36.4 Å². The van der Waals surface area contributed by atoms with Gasteiger partial charge >= 0.3 is 0 Å². The molecule has 0 saturated heterocycles. The number of rotatable bonds is 5. The Morgan fingerprint density at radius 2 is 1.79 bits per heavy atom. The highest BCUT2D eigenvalue weighted by Gasteiger charge is 2.46. The van der Waals surface area contributed by atoms with Crippen LogP contribution in [0.3, 0.4) is 0 Å². The standard InChI is InChI=1S/C23H22N4O2/c1-23(2)13-20(23)27-22(29)18-12-16(8-11-25-18)21(28)26-19-14-24-10-9-17(19)15-6-4-3-5-7-15/h3-12,14,20H,13H2,1-2H3,(H,26,28)(H,27,29). The maximum Gasteiger partial charge on any atom is 0.270 e. The van der Waals surface area contributed by atoms with Crippen molar-refractivity contribution < 1.29 is 9.59 Å². The quantitative estimate of drug-likeness (QED) is 0.696. The van der Waals surface area contributed by atoms with Crippen LogP contribution in [0, 0.1) is 5.41 Å². The fourth-order valence-electron chi connectivity index (χ4n) is 3.20. The first-order valence-corrected chi connectivity index (χ1v) is 9.52. The Hall–Kier alpha value is -3.54. The SMILES string of the molecule is CC1(C)CC1NC(=O)c1cc(C(=O)Nc2cnccc2-c2ccccc2)ccn1. The van der Waals surface area contributed by atoms with Gasteiger partial charge in [-0.3, -0.25) is 19.6 Å². The van der Waals surface area contributed by atoms with Crippen LogP contribution in [0.15, 0.2) is 67.1 Å². The lowest BCUT2D eigenvalue weighted by molar-refractivity contribution is 0.0941. The minimum absolute atomic E-state index is 0.124. The molecule has 0 aliphatic heterocycles. The average Bonchev–Trinajstić information content (AvgIpc) is 3.34. The number of nitrogens with one attached hydrogen (secondary N) is 2. The van der Waals surface area contributed by atoms with Crippen LogP contribution in [0.25, 0.3) is 11.1 Å². The summed E-state index contributed by atoms with van der Waals surface area (Å²) < 4.78 is 0. The summed E-state index contributed by atoms with van der Waals surface area (Å²) in [5.74, 6) is -0.583. The predicted molar refractivity (Wildman–Crippen MR) is 112 cm³/mol. The van der Waals surface area contributed by atoms with E-state index in [1.165, 1.54) is 12.3 Å². The van der Waals surface area contributed by atoms with E-state index in [0.29, 0.717) is 11.3 Å². The molecule has 2 heterocycles. The summed E-state index contributed by atoms with van der Waals surface area (Å²) in [4.78, 5) is 33.5. The highest BCUT2D eigenvalue weighted by Crippen LogP contribution is 2.44. The Morgan fingerprint density at radius 3 is 2.52 bits per heavy atom. The fraction of sp³-hybridized carbons (Fsp3) is 0.217. The van der Waals surface area contributed by atoms with Gasteiger partial charge in [-0.1, -0.05) is 44.2 Å². The van der Waals surface area contributed by atoms with Gasteiger partial charge in [0.05, 0.1) is 11.9 Å². The van der Waals surface area contributed by atoms with E-state index in [-0.39, 0.29) is 29.0 Å². The molecule has 1 fully saturated rings. The number of carbonyl (C=O) groups excluding carboxylic acids is 2. The number of aromatic nitrogens is 2. The van der Waals surface area contributed by atoms with E-state index in [1.54, 1.807) is 18.5 Å². The summed E-state index contributed by atoms with van der Waals surface area (Å²) in [5.41, 5.74) is 3.17. The molecule has 4 rings (SSSR count). The summed E-state index contributed by atoms with van der Waals surface area (Å²) in [5, 5.41) is 5.86. The van der Waals surface area contributed by atoms with Crippen molar-refractivity contribution in [1.82, 2.24) is 15.3 Å². The monoisotopic (exact) mass is 386 g/mol. The molecule has 1 aliphatic carbocycles. The van der Waals surface area contributed by atoms with Crippen LogP contribution in [-0.2, 0) is 0 Å². The van der Waals surface area contributed by atoms with Gasteiger partial charge in [0.2, 0.25) is 0 Å². The van der Waals surface area contributed by atoms with Gasteiger partial charge in [0, 0.05) is 29.6 Å². The van der Waals surface area contributed by atoms with Gasteiger partial charge in [-0.05, 0) is 35.6 Å². The van der Waals surface area contributed by atoms with Crippen LogP contribution in [0.5, 0.6) is 0 Å². The zero-order valence-corrected chi connectivity index (χ0v) is 16.3. The van der Waals surface area contributed by atoms with Gasteiger partial charge in [0.1, 0.15) is 5.69 Å². The molecular formula is C23H22N4O2. The summed E-state index contributed by atoms with van der Waals surface area (Å²) in [7, 11) is 0. The largest absolute Gasteiger partial charge is 0.347 e. The molecule has 3 aromatic rings. The van der Waals surface area contributed by atoms with Crippen LogP contribution in [0.2, 0.25) is 0 Å². The van der Waals surface area contributed by atoms with Gasteiger partial charge in [-0.15, -0.1) is 0 Å². The third-order valence-electron chi connectivity index (χ3n) is 5.23. The third kappa shape index (κ3) is 4.16. The zero-order valence-electron chi connectivity index (χ0n) is 16.3. The van der Waals surface area contributed by atoms with E-state index in [2.05, 4.69) is 34.4 Å². The van der Waals surface area contributed by atoms with Crippen LogP contribution in [0.1, 0.15) is 41.1 Å². The number of nitrogens with zero attached hydrogens (tertiary/aromatic N) is 2. The highest BCUT2D eigenvalue weighted by molar-refractivity contribution is 6.07. The molecule has 1 saturated carbocycles. The van der Waals surface area contributed by atoms with Crippen molar-refractivity contribution in [2.24, 2.45) is 5.41 Å². The first kappa shape index (κ1) is 18.8. The first-order chi connectivity index (χ1) is 13.9. The molecule has 1 unspecified atom stereocenters. The molecule has 0 bridgehead atoms. The Labute approximate surface area is 169 Å². The highest BCUT2D eigenvalue weighted by atomic mass is 16.2.